The third-order valence-electron chi connectivity index (χ3n) is 1.09. The Balaban J connectivity index is 3.01. The van der Waals surface area contributed by atoms with E-state index in [-0.39, 0.29) is 0 Å². The lowest BCUT2D eigenvalue weighted by Gasteiger charge is -1.96. The van der Waals surface area contributed by atoms with Gasteiger partial charge in [-0.15, -0.1) is 0 Å². The standard InChI is InChI=1S/C7H7IN/c8-7-4-2-1-3-6(7)5-9/h1-2,4H,5,9H2. The van der Waals surface area contributed by atoms with Crippen LogP contribution in [0.25, 0.3) is 0 Å². The molecule has 0 saturated carbocycles. The van der Waals surface area contributed by atoms with Crippen molar-refractivity contribution in [3.63, 3.8) is 0 Å². The monoisotopic (exact) mass is 232 g/mol. The van der Waals surface area contributed by atoms with E-state index >= 15 is 0 Å². The van der Waals surface area contributed by atoms with E-state index in [4.69, 9.17) is 5.73 Å². The van der Waals surface area contributed by atoms with Crippen LogP contribution in [0.2, 0.25) is 0 Å². The van der Waals surface area contributed by atoms with Gasteiger partial charge in [0.25, 0.3) is 0 Å². The average Bonchev–Trinajstić information content (AvgIpc) is 1.89. The summed E-state index contributed by atoms with van der Waals surface area (Å²) in [5, 5.41) is 0. The first kappa shape index (κ1) is 7.02. The van der Waals surface area contributed by atoms with Crippen LogP contribution in [0.5, 0.6) is 0 Å². The predicted octanol–water partition coefficient (Wildman–Crippen LogP) is 1.55. The van der Waals surface area contributed by atoms with E-state index < -0.39 is 0 Å². The Labute approximate surface area is 68.4 Å². The maximum Gasteiger partial charge on any atom is 0.0194 e. The number of benzene rings is 1. The number of nitrogens with two attached hydrogens (primary N) is 1. The van der Waals surface area contributed by atoms with Gasteiger partial charge in [0.1, 0.15) is 0 Å². The van der Waals surface area contributed by atoms with Crippen LogP contribution < -0.4 is 5.73 Å². The first-order chi connectivity index (χ1) is 4.34. The second-order valence-electron chi connectivity index (χ2n) is 1.70. The van der Waals surface area contributed by atoms with Crippen LogP contribution in [0.1, 0.15) is 5.56 Å². The quantitative estimate of drug-likeness (QED) is 0.730. The fourth-order valence-corrected chi connectivity index (χ4v) is 1.19. The molecule has 1 rings (SSSR count). The zero-order chi connectivity index (χ0) is 6.69. The van der Waals surface area contributed by atoms with E-state index in [1.165, 1.54) is 3.57 Å². The molecule has 0 unspecified atom stereocenters. The topological polar surface area (TPSA) is 26.0 Å². The Morgan fingerprint density at radius 3 is 2.89 bits per heavy atom. The molecule has 1 radical (unpaired) electrons. The van der Waals surface area contributed by atoms with Gasteiger partial charge >= 0.3 is 0 Å². The molecule has 0 spiro atoms. The van der Waals surface area contributed by atoms with E-state index in [1.54, 1.807) is 0 Å². The highest BCUT2D eigenvalue weighted by Crippen LogP contribution is 2.08. The van der Waals surface area contributed by atoms with Gasteiger partial charge in [-0.2, -0.15) is 0 Å². The minimum atomic E-state index is 0.582. The third kappa shape index (κ3) is 1.66. The molecule has 0 aliphatic carbocycles. The molecular formula is C7H7IN. The van der Waals surface area contributed by atoms with Crippen molar-refractivity contribution in [2.24, 2.45) is 5.73 Å². The second-order valence-corrected chi connectivity index (χ2v) is 2.86. The summed E-state index contributed by atoms with van der Waals surface area (Å²) in [6.07, 6.45) is 0. The van der Waals surface area contributed by atoms with Crippen LogP contribution >= 0.6 is 22.6 Å². The lowest BCUT2D eigenvalue weighted by Crippen LogP contribution is -1.97. The van der Waals surface area contributed by atoms with Crippen LogP contribution in [-0.2, 0) is 6.54 Å². The van der Waals surface area contributed by atoms with Gasteiger partial charge in [-0.1, -0.05) is 12.1 Å². The van der Waals surface area contributed by atoms with Gasteiger partial charge in [0.05, 0.1) is 0 Å². The number of hydrogen-bond acceptors (Lipinski definition) is 1. The van der Waals surface area contributed by atoms with Crippen molar-refractivity contribution >= 4 is 22.6 Å². The van der Waals surface area contributed by atoms with Crippen molar-refractivity contribution in [2.45, 2.75) is 6.54 Å². The molecule has 0 aliphatic rings. The summed E-state index contributed by atoms with van der Waals surface area (Å²) in [5.74, 6) is 0. The van der Waals surface area contributed by atoms with Crippen molar-refractivity contribution in [1.29, 1.82) is 0 Å². The predicted molar refractivity (Wildman–Crippen MR) is 45.9 cm³/mol. The van der Waals surface area contributed by atoms with Gasteiger partial charge in [-0.3, -0.25) is 0 Å². The van der Waals surface area contributed by atoms with Crippen molar-refractivity contribution in [3.05, 3.63) is 33.4 Å². The van der Waals surface area contributed by atoms with Crippen molar-refractivity contribution in [2.75, 3.05) is 0 Å². The normalized spacial score (nSPS) is 9.56. The average molecular weight is 232 g/mol. The van der Waals surface area contributed by atoms with Gasteiger partial charge in [0.15, 0.2) is 0 Å². The maximum atomic E-state index is 5.41. The fourth-order valence-electron chi connectivity index (χ4n) is 0.607. The van der Waals surface area contributed by atoms with Gasteiger partial charge in [-0.25, -0.2) is 0 Å². The molecule has 9 heavy (non-hydrogen) atoms. The van der Waals surface area contributed by atoms with Crippen molar-refractivity contribution < 1.29 is 0 Å². The van der Waals surface area contributed by atoms with Crippen LogP contribution in [0.4, 0.5) is 0 Å². The molecule has 0 heterocycles. The summed E-state index contributed by atoms with van der Waals surface area (Å²) in [7, 11) is 0. The molecule has 2 heteroatoms. The minimum absolute atomic E-state index is 0.582. The van der Waals surface area contributed by atoms with E-state index in [1.807, 2.05) is 18.2 Å². The zero-order valence-corrected chi connectivity index (χ0v) is 7.05. The van der Waals surface area contributed by atoms with E-state index in [0.717, 1.165) is 5.56 Å². The Bertz CT molecular complexity index is 198. The van der Waals surface area contributed by atoms with Crippen LogP contribution in [0, 0.1) is 9.64 Å². The Morgan fingerprint density at radius 2 is 2.44 bits per heavy atom. The largest absolute Gasteiger partial charge is 0.326 e. The molecular weight excluding hydrogens is 225 g/mol. The Hall–Kier alpha value is -0.0900. The summed E-state index contributed by atoms with van der Waals surface area (Å²) in [6, 6.07) is 8.92. The number of hydrogen-bond donors (Lipinski definition) is 1. The summed E-state index contributed by atoms with van der Waals surface area (Å²) < 4.78 is 1.19. The highest BCUT2D eigenvalue weighted by molar-refractivity contribution is 14.1. The van der Waals surface area contributed by atoms with E-state index in [0.29, 0.717) is 6.54 Å². The van der Waals surface area contributed by atoms with Gasteiger partial charge in [0, 0.05) is 10.1 Å². The third-order valence-corrected chi connectivity index (χ3v) is 2.10. The lowest BCUT2D eigenvalue weighted by atomic mass is 10.2. The minimum Gasteiger partial charge on any atom is -0.326 e. The van der Waals surface area contributed by atoms with Crippen LogP contribution in [-0.4, -0.2) is 0 Å². The summed E-state index contributed by atoms with van der Waals surface area (Å²) in [4.78, 5) is 0. The van der Waals surface area contributed by atoms with E-state index in [2.05, 4.69) is 28.7 Å². The van der Waals surface area contributed by atoms with E-state index in [9.17, 15) is 0 Å². The molecule has 2 N–H and O–H groups in total. The van der Waals surface area contributed by atoms with Gasteiger partial charge in [0.2, 0.25) is 0 Å². The van der Waals surface area contributed by atoms with Gasteiger partial charge < -0.3 is 5.73 Å². The number of halogens is 1. The summed E-state index contributed by atoms with van der Waals surface area (Å²) in [5.41, 5.74) is 6.51. The maximum absolute atomic E-state index is 5.41. The molecule has 0 aliphatic heterocycles. The summed E-state index contributed by atoms with van der Waals surface area (Å²) in [6.45, 7) is 0.582. The molecule has 0 atom stereocenters. The van der Waals surface area contributed by atoms with Crippen molar-refractivity contribution in [3.8, 4) is 0 Å². The van der Waals surface area contributed by atoms with Crippen molar-refractivity contribution in [1.82, 2.24) is 0 Å². The highest BCUT2D eigenvalue weighted by atomic mass is 127. The Kier molecular flexibility index (Phi) is 2.48. The zero-order valence-electron chi connectivity index (χ0n) is 4.89. The van der Waals surface area contributed by atoms with Gasteiger partial charge in [-0.05, 0) is 40.3 Å². The highest BCUT2D eigenvalue weighted by Gasteiger charge is 1.92. The first-order valence-electron chi connectivity index (χ1n) is 2.69. The summed E-state index contributed by atoms with van der Waals surface area (Å²) >= 11 is 2.25. The molecule has 0 bridgehead atoms. The molecule has 0 fully saturated rings. The molecule has 47 valence electrons. The Morgan fingerprint density at radius 1 is 1.67 bits per heavy atom. The molecule has 0 saturated heterocycles. The molecule has 1 aromatic carbocycles. The second kappa shape index (κ2) is 3.17. The van der Waals surface area contributed by atoms with Crippen LogP contribution in [0.15, 0.2) is 18.2 Å². The SMILES string of the molecule is NCc1[c]cccc1I. The number of rotatable bonds is 1. The van der Waals surface area contributed by atoms with Crippen LogP contribution in [0.3, 0.4) is 0 Å². The lowest BCUT2D eigenvalue weighted by molar-refractivity contribution is 1.06. The fraction of sp³-hybridized carbons (Fsp3) is 0.143. The smallest absolute Gasteiger partial charge is 0.0194 e. The molecule has 0 aromatic heterocycles. The molecule has 1 aromatic rings. The molecule has 1 nitrogen and oxygen atoms in total. The first-order valence-corrected chi connectivity index (χ1v) is 3.77. The molecule has 0 amide bonds.